The summed E-state index contributed by atoms with van der Waals surface area (Å²) in [4.78, 5) is 14.3. The maximum atomic E-state index is 13.1. The topological polar surface area (TPSA) is 75.3 Å². The number of amides is 1. The molecule has 4 aromatic carbocycles. The molecule has 0 saturated carbocycles. The van der Waals surface area contributed by atoms with E-state index >= 15 is 0 Å². The number of rotatable bonds is 8. The Labute approximate surface area is 217 Å². The fourth-order valence-electron chi connectivity index (χ4n) is 3.75. The molecule has 4 rings (SSSR count). The zero-order chi connectivity index (χ0) is 25.7. The Morgan fingerprint density at radius 1 is 0.750 bits per heavy atom. The van der Waals surface area contributed by atoms with E-state index < -0.39 is 10.0 Å². The van der Waals surface area contributed by atoms with Gasteiger partial charge in [0.2, 0.25) is 0 Å². The summed E-state index contributed by atoms with van der Waals surface area (Å²) in [6.45, 7) is 5.50. The summed E-state index contributed by atoms with van der Waals surface area (Å²) in [7, 11) is -3.87. The van der Waals surface area contributed by atoms with Crippen LogP contribution in [0.15, 0.2) is 101 Å². The van der Waals surface area contributed by atoms with E-state index in [2.05, 4.69) is 28.2 Å². The van der Waals surface area contributed by atoms with Crippen molar-refractivity contribution < 1.29 is 13.2 Å². The highest BCUT2D eigenvalue weighted by Gasteiger charge is 2.20. The van der Waals surface area contributed by atoms with E-state index in [1.807, 2.05) is 56.3 Å². The number of carbonyl (C=O) groups is 1. The van der Waals surface area contributed by atoms with Crippen LogP contribution in [0.3, 0.4) is 0 Å². The minimum absolute atomic E-state index is 0.0726. The number of anilines is 2. The number of aryl methyl sites for hydroxylation is 3. The summed E-state index contributed by atoms with van der Waals surface area (Å²) in [5.74, 6) is 0.462. The van der Waals surface area contributed by atoms with Gasteiger partial charge in [-0.15, -0.1) is 11.8 Å². The van der Waals surface area contributed by atoms with Gasteiger partial charge in [0.05, 0.1) is 10.6 Å². The molecule has 184 valence electrons. The van der Waals surface area contributed by atoms with Crippen LogP contribution in [0.25, 0.3) is 0 Å². The van der Waals surface area contributed by atoms with Gasteiger partial charge >= 0.3 is 0 Å². The smallest absolute Gasteiger partial charge is 0.262 e. The molecule has 0 fully saturated rings. The molecule has 7 heteroatoms. The Morgan fingerprint density at radius 3 is 2.19 bits per heavy atom. The van der Waals surface area contributed by atoms with E-state index in [0.29, 0.717) is 16.9 Å². The molecular weight excluding hydrogens is 488 g/mol. The van der Waals surface area contributed by atoms with Crippen molar-refractivity contribution in [3.8, 4) is 0 Å². The maximum Gasteiger partial charge on any atom is 0.262 e. The average Bonchev–Trinajstić information content (AvgIpc) is 2.86. The Kier molecular flexibility index (Phi) is 7.82. The highest BCUT2D eigenvalue weighted by atomic mass is 32.2. The van der Waals surface area contributed by atoms with Crippen LogP contribution in [0.1, 0.15) is 32.6 Å². The van der Waals surface area contributed by atoms with Gasteiger partial charge in [-0.1, -0.05) is 54.6 Å². The summed E-state index contributed by atoms with van der Waals surface area (Å²) in [5.41, 5.74) is 4.94. The van der Waals surface area contributed by atoms with Gasteiger partial charge in [0.1, 0.15) is 0 Å². The number of benzene rings is 4. The van der Waals surface area contributed by atoms with Crippen LogP contribution >= 0.6 is 11.8 Å². The minimum Gasteiger partial charge on any atom is -0.322 e. The van der Waals surface area contributed by atoms with Gasteiger partial charge in [0.25, 0.3) is 15.9 Å². The van der Waals surface area contributed by atoms with Crippen LogP contribution in [0.2, 0.25) is 0 Å². The number of thioether (sulfide) groups is 1. The van der Waals surface area contributed by atoms with E-state index in [1.165, 1.54) is 11.0 Å². The summed E-state index contributed by atoms with van der Waals surface area (Å²) in [6, 6.07) is 28.0. The SMILES string of the molecule is Cc1cc(CSc2ccccc2)ccc1NC(=O)c1ccc(C)c(S(=O)(=O)Nc2ccccc2C)c1. The van der Waals surface area contributed by atoms with E-state index in [9.17, 15) is 13.2 Å². The molecule has 0 aliphatic rings. The van der Waals surface area contributed by atoms with Gasteiger partial charge in [0.15, 0.2) is 0 Å². The molecule has 0 heterocycles. The summed E-state index contributed by atoms with van der Waals surface area (Å²) in [5, 5.41) is 2.92. The molecular formula is C29H28N2O3S2. The summed E-state index contributed by atoms with van der Waals surface area (Å²) < 4.78 is 28.9. The molecule has 2 N–H and O–H groups in total. The minimum atomic E-state index is -3.87. The Hall–Kier alpha value is -3.55. The molecule has 0 spiro atoms. The molecule has 0 saturated heterocycles. The number of hydrogen-bond acceptors (Lipinski definition) is 4. The number of para-hydroxylation sites is 1. The van der Waals surface area contributed by atoms with Crippen molar-refractivity contribution in [2.45, 2.75) is 36.3 Å². The Morgan fingerprint density at radius 2 is 1.47 bits per heavy atom. The lowest BCUT2D eigenvalue weighted by atomic mass is 10.1. The molecule has 5 nitrogen and oxygen atoms in total. The average molecular weight is 517 g/mol. The van der Waals surface area contributed by atoms with Crippen molar-refractivity contribution in [1.82, 2.24) is 0 Å². The highest BCUT2D eigenvalue weighted by molar-refractivity contribution is 7.98. The van der Waals surface area contributed by atoms with Crippen molar-refractivity contribution in [2.75, 3.05) is 10.0 Å². The molecule has 0 aromatic heterocycles. The fourth-order valence-corrected chi connectivity index (χ4v) is 6.02. The van der Waals surface area contributed by atoms with Gasteiger partial charge in [-0.25, -0.2) is 8.42 Å². The molecule has 1 amide bonds. The van der Waals surface area contributed by atoms with Crippen molar-refractivity contribution in [1.29, 1.82) is 0 Å². The van der Waals surface area contributed by atoms with Crippen LogP contribution in [-0.2, 0) is 15.8 Å². The van der Waals surface area contributed by atoms with Crippen LogP contribution in [0.5, 0.6) is 0 Å². The van der Waals surface area contributed by atoms with Gasteiger partial charge in [0, 0.05) is 21.9 Å². The van der Waals surface area contributed by atoms with Gasteiger partial charge in [-0.05, 0) is 79.4 Å². The molecule has 0 aliphatic heterocycles. The van der Waals surface area contributed by atoms with Gasteiger partial charge in [-0.3, -0.25) is 9.52 Å². The third-order valence-electron chi connectivity index (χ3n) is 5.82. The first kappa shape index (κ1) is 25.5. The lowest BCUT2D eigenvalue weighted by Crippen LogP contribution is -2.18. The summed E-state index contributed by atoms with van der Waals surface area (Å²) >= 11 is 1.76. The van der Waals surface area contributed by atoms with E-state index in [0.717, 1.165) is 22.4 Å². The van der Waals surface area contributed by atoms with Crippen molar-refractivity contribution in [3.63, 3.8) is 0 Å². The van der Waals surface area contributed by atoms with E-state index in [4.69, 9.17) is 0 Å². The number of hydrogen-bond donors (Lipinski definition) is 2. The number of carbonyl (C=O) groups excluding carboxylic acids is 1. The number of nitrogens with one attached hydrogen (secondary N) is 2. The molecule has 0 unspecified atom stereocenters. The lowest BCUT2D eigenvalue weighted by molar-refractivity contribution is 0.102. The fraction of sp³-hybridized carbons (Fsp3) is 0.138. The van der Waals surface area contributed by atoms with Gasteiger partial charge < -0.3 is 5.32 Å². The zero-order valence-corrected chi connectivity index (χ0v) is 22.0. The second-order valence-corrected chi connectivity index (χ2v) is 11.3. The zero-order valence-electron chi connectivity index (χ0n) is 20.4. The van der Waals surface area contributed by atoms with Crippen LogP contribution in [0, 0.1) is 20.8 Å². The maximum absolute atomic E-state index is 13.1. The second-order valence-electron chi connectivity index (χ2n) is 8.61. The Balaban J connectivity index is 1.49. The molecule has 36 heavy (non-hydrogen) atoms. The largest absolute Gasteiger partial charge is 0.322 e. The predicted octanol–water partition coefficient (Wildman–Crippen LogP) is 6.96. The lowest BCUT2D eigenvalue weighted by Gasteiger charge is -2.14. The standard InChI is InChI=1S/C29H28N2O3S2/c1-20-9-7-8-12-27(20)31-36(33,34)28-18-24(15-13-21(28)2)29(32)30-26-16-14-23(17-22(26)3)19-35-25-10-5-4-6-11-25/h4-18,31H,19H2,1-3H3,(H,30,32). The third kappa shape index (κ3) is 6.17. The first-order chi connectivity index (χ1) is 17.2. The molecule has 0 aliphatic carbocycles. The van der Waals surface area contributed by atoms with Gasteiger partial charge in [-0.2, -0.15) is 0 Å². The highest BCUT2D eigenvalue weighted by Crippen LogP contribution is 2.26. The molecule has 0 radical (unpaired) electrons. The van der Waals surface area contributed by atoms with Crippen LogP contribution in [-0.4, -0.2) is 14.3 Å². The molecule has 0 bridgehead atoms. The summed E-state index contributed by atoms with van der Waals surface area (Å²) in [6.07, 6.45) is 0. The Bertz CT molecular complexity index is 1500. The van der Waals surface area contributed by atoms with Crippen molar-refractivity contribution in [2.24, 2.45) is 0 Å². The van der Waals surface area contributed by atoms with Crippen molar-refractivity contribution in [3.05, 3.63) is 119 Å². The predicted molar refractivity (Wildman–Crippen MR) is 148 cm³/mol. The monoisotopic (exact) mass is 516 g/mol. The second kappa shape index (κ2) is 11.0. The van der Waals surface area contributed by atoms with Crippen LogP contribution < -0.4 is 10.0 Å². The third-order valence-corrected chi connectivity index (χ3v) is 8.41. The molecule has 4 aromatic rings. The molecule has 0 atom stereocenters. The van der Waals surface area contributed by atoms with Crippen LogP contribution in [0.4, 0.5) is 11.4 Å². The first-order valence-corrected chi connectivity index (χ1v) is 14.0. The van der Waals surface area contributed by atoms with E-state index in [1.54, 1.807) is 43.0 Å². The number of sulfonamides is 1. The van der Waals surface area contributed by atoms with E-state index in [-0.39, 0.29) is 16.4 Å². The first-order valence-electron chi connectivity index (χ1n) is 11.5. The normalized spacial score (nSPS) is 11.2. The quantitative estimate of drug-likeness (QED) is 0.248. The van der Waals surface area contributed by atoms with Crippen molar-refractivity contribution >= 4 is 39.1 Å².